The van der Waals surface area contributed by atoms with E-state index < -0.39 is 5.97 Å². The number of fused-ring (bicyclic) bond motifs is 2. The SMILES string of the molecule is CC(C)CCC1C2C=CC(C2)C1C(=O)O. The van der Waals surface area contributed by atoms with Crippen LogP contribution < -0.4 is 0 Å². The zero-order valence-electron chi connectivity index (χ0n) is 9.52. The Morgan fingerprint density at radius 1 is 1.40 bits per heavy atom. The van der Waals surface area contributed by atoms with Gasteiger partial charge in [-0.05, 0) is 36.5 Å². The van der Waals surface area contributed by atoms with Gasteiger partial charge in [0.15, 0.2) is 0 Å². The second-order valence-corrected chi connectivity index (χ2v) is 5.45. The smallest absolute Gasteiger partial charge is 0.307 e. The van der Waals surface area contributed by atoms with E-state index in [-0.39, 0.29) is 5.92 Å². The molecule has 4 unspecified atom stereocenters. The van der Waals surface area contributed by atoms with Gasteiger partial charge in [-0.1, -0.05) is 32.4 Å². The Labute approximate surface area is 91.4 Å². The average Bonchev–Trinajstić information content (AvgIpc) is 2.72. The van der Waals surface area contributed by atoms with Gasteiger partial charge in [0.25, 0.3) is 0 Å². The molecule has 0 saturated heterocycles. The summed E-state index contributed by atoms with van der Waals surface area (Å²) in [6.07, 6.45) is 7.69. The third kappa shape index (κ3) is 1.95. The molecule has 0 aromatic heterocycles. The Balaban J connectivity index is 2.02. The minimum Gasteiger partial charge on any atom is -0.481 e. The normalized spacial score (nSPS) is 37.8. The molecule has 1 fully saturated rings. The summed E-state index contributed by atoms with van der Waals surface area (Å²) < 4.78 is 0. The Morgan fingerprint density at radius 3 is 2.67 bits per heavy atom. The zero-order valence-corrected chi connectivity index (χ0v) is 9.52. The van der Waals surface area contributed by atoms with Crippen molar-refractivity contribution in [2.75, 3.05) is 0 Å². The standard InChI is InChI=1S/C13H20O2/c1-8(2)3-6-11-9-4-5-10(7-9)12(11)13(14)15/h4-5,8-12H,3,6-7H2,1-2H3,(H,14,15). The van der Waals surface area contributed by atoms with Gasteiger partial charge in [-0.15, -0.1) is 0 Å². The highest BCUT2D eigenvalue weighted by atomic mass is 16.4. The molecule has 0 heterocycles. The molecule has 2 heteroatoms. The largest absolute Gasteiger partial charge is 0.481 e. The van der Waals surface area contributed by atoms with Crippen LogP contribution in [0.1, 0.15) is 33.1 Å². The van der Waals surface area contributed by atoms with Crippen LogP contribution >= 0.6 is 0 Å². The highest BCUT2D eigenvalue weighted by Crippen LogP contribution is 2.50. The third-order valence-corrected chi connectivity index (χ3v) is 3.98. The van der Waals surface area contributed by atoms with Crippen LogP contribution in [0.2, 0.25) is 0 Å². The van der Waals surface area contributed by atoms with E-state index in [1.165, 1.54) is 0 Å². The van der Waals surface area contributed by atoms with Crippen LogP contribution in [0.5, 0.6) is 0 Å². The lowest BCUT2D eigenvalue weighted by Gasteiger charge is -2.25. The molecule has 2 aliphatic carbocycles. The topological polar surface area (TPSA) is 37.3 Å². The molecular formula is C13H20O2. The van der Waals surface area contributed by atoms with Crippen molar-refractivity contribution >= 4 is 5.97 Å². The predicted octanol–water partition coefficient (Wildman–Crippen LogP) is 2.95. The van der Waals surface area contributed by atoms with Gasteiger partial charge >= 0.3 is 5.97 Å². The Kier molecular flexibility index (Phi) is 2.85. The summed E-state index contributed by atoms with van der Waals surface area (Å²) in [5, 5.41) is 9.24. The van der Waals surface area contributed by atoms with Crippen LogP contribution in [-0.4, -0.2) is 11.1 Å². The van der Waals surface area contributed by atoms with E-state index in [0.717, 1.165) is 19.3 Å². The molecule has 4 atom stereocenters. The van der Waals surface area contributed by atoms with Crippen molar-refractivity contribution in [3.8, 4) is 0 Å². The number of carboxylic acid groups (broad SMARTS) is 1. The molecule has 0 amide bonds. The van der Waals surface area contributed by atoms with Crippen LogP contribution in [0.4, 0.5) is 0 Å². The van der Waals surface area contributed by atoms with E-state index >= 15 is 0 Å². The van der Waals surface area contributed by atoms with Crippen LogP contribution in [-0.2, 0) is 4.79 Å². The van der Waals surface area contributed by atoms with E-state index in [0.29, 0.717) is 23.7 Å². The number of hydrogen-bond donors (Lipinski definition) is 1. The number of carbonyl (C=O) groups is 1. The fourth-order valence-corrected chi connectivity index (χ4v) is 3.21. The molecule has 0 aromatic rings. The average molecular weight is 208 g/mol. The lowest BCUT2D eigenvalue weighted by atomic mass is 9.79. The zero-order chi connectivity index (χ0) is 11.0. The van der Waals surface area contributed by atoms with E-state index in [2.05, 4.69) is 26.0 Å². The number of aliphatic carboxylic acids is 1. The van der Waals surface area contributed by atoms with Crippen LogP contribution in [0.15, 0.2) is 12.2 Å². The summed E-state index contributed by atoms with van der Waals surface area (Å²) in [5.41, 5.74) is 0. The summed E-state index contributed by atoms with van der Waals surface area (Å²) in [4.78, 5) is 11.2. The van der Waals surface area contributed by atoms with Crippen LogP contribution in [0, 0.1) is 29.6 Å². The van der Waals surface area contributed by atoms with Gasteiger partial charge in [-0.25, -0.2) is 0 Å². The Hall–Kier alpha value is -0.790. The first-order valence-corrected chi connectivity index (χ1v) is 6.00. The third-order valence-electron chi connectivity index (χ3n) is 3.98. The van der Waals surface area contributed by atoms with Crippen molar-refractivity contribution in [3.63, 3.8) is 0 Å². The summed E-state index contributed by atoms with van der Waals surface area (Å²) >= 11 is 0. The highest BCUT2D eigenvalue weighted by Gasteiger charge is 2.47. The van der Waals surface area contributed by atoms with Gasteiger partial charge in [0.2, 0.25) is 0 Å². The second-order valence-electron chi connectivity index (χ2n) is 5.45. The molecule has 2 aliphatic rings. The van der Waals surface area contributed by atoms with Gasteiger partial charge < -0.3 is 5.11 Å². The van der Waals surface area contributed by atoms with Crippen molar-refractivity contribution < 1.29 is 9.90 Å². The van der Waals surface area contributed by atoms with Crippen molar-refractivity contribution in [2.45, 2.75) is 33.1 Å². The van der Waals surface area contributed by atoms with Crippen molar-refractivity contribution in [2.24, 2.45) is 29.6 Å². The molecule has 1 saturated carbocycles. The lowest BCUT2D eigenvalue weighted by molar-refractivity contribution is -0.144. The number of hydrogen-bond acceptors (Lipinski definition) is 1. The first-order chi connectivity index (χ1) is 7.09. The monoisotopic (exact) mass is 208 g/mol. The first-order valence-electron chi connectivity index (χ1n) is 6.00. The fraction of sp³-hybridized carbons (Fsp3) is 0.769. The molecule has 0 aromatic carbocycles. The second kappa shape index (κ2) is 3.99. The Bertz CT molecular complexity index is 280. The molecule has 1 N–H and O–H groups in total. The molecular weight excluding hydrogens is 188 g/mol. The van der Waals surface area contributed by atoms with E-state index in [1.807, 2.05) is 0 Å². The molecule has 15 heavy (non-hydrogen) atoms. The number of rotatable bonds is 4. The van der Waals surface area contributed by atoms with Crippen molar-refractivity contribution in [1.82, 2.24) is 0 Å². The maximum atomic E-state index is 11.2. The first kappa shape index (κ1) is 10.7. The van der Waals surface area contributed by atoms with Crippen molar-refractivity contribution in [1.29, 1.82) is 0 Å². The summed E-state index contributed by atoms with van der Waals surface area (Å²) in [5.74, 6) is 1.28. The molecule has 2 rings (SSSR count). The lowest BCUT2D eigenvalue weighted by Crippen LogP contribution is -2.27. The van der Waals surface area contributed by atoms with E-state index in [1.54, 1.807) is 0 Å². The van der Waals surface area contributed by atoms with Gasteiger partial charge in [0.1, 0.15) is 0 Å². The number of allylic oxidation sites excluding steroid dienone is 2. The number of carboxylic acids is 1. The van der Waals surface area contributed by atoms with Crippen molar-refractivity contribution in [3.05, 3.63) is 12.2 Å². The molecule has 84 valence electrons. The predicted molar refractivity (Wildman–Crippen MR) is 59.4 cm³/mol. The van der Waals surface area contributed by atoms with Crippen LogP contribution in [0.3, 0.4) is 0 Å². The van der Waals surface area contributed by atoms with Gasteiger partial charge in [0.05, 0.1) is 5.92 Å². The van der Waals surface area contributed by atoms with Gasteiger partial charge in [-0.3, -0.25) is 4.79 Å². The molecule has 0 spiro atoms. The summed E-state index contributed by atoms with van der Waals surface area (Å²) in [6.45, 7) is 4.41. The Morgan fingerprint density at radius 2 is 2.07 bits per heavy atom. The van der Waals surface area contributed by atoms with E-state index in [4.69, 9.17) is 0 Å². The van der Waals surface area contributed by atoms with Crippen LogP contribution in [0.25, 0.3) is 0 Å². The van der Waals surface area contributed by atoms with E-state index in [9.17, 15) is 9.90 Å². The maximum Gasteiger partial charge on any atom is 0.307 e. The molecule has 0 radical (unpaired) electrons. The maximum absolute atomic E-state index is 11.2. The fourth-order valence-electron chi connectivity index (χ4n) is 3.21. The molecule has 2 nitrogen and oxygen atoms in total. The minimum atomic E-state index is -0.583. The minimum absolute atomic E-state index is 0.0984. The van der Waals surface area contributed by atoms with Gasteiger partial charge in [0, 0.05) is 0 Å². The quantitative estimate of drug-likeness (QED) is 0.721. The summed E-state index contributed by atoms with van der Waals surface area (Å²) in [6, 6.07) is 0. The molecule has 2 bridgehead atoms. The molecule has 0 aliphatic heterocycles. The highest BCUT2D eigenvalue weighted by molar-refractivity contribution is 5.72. The van der Waals surface area contributed by atoms with Gasteiger partial charge in [-0.2, -0.15) is 0 Å². The summed E-state index contributed by atoms with van der Waals surface area (Å²) in [7, 11) is 0.